The van der Waals surface area contributed by atoms with Crippen LogP contribution in [0.1, 0.15) is 32.1 Å². The van der Waals surface area contributed by atoms with Crippen LogP contribution in [0.15, 0.2) is 23.1 Å². The standard InChI is InChI=1S/C14H21FN2O2S2/c1-20-14(7-3-2-4-8-14)10-17-21(18,19)13-9-11(16)5-6-12(13)15/h5-6,9,17H,2-4,7-8,10,16H2,1H3. The van der Waals surface area contributed by atoms with Crippen LogP contribution in [0.3, 0.4) is 0 Å². The lowest BCUT2D eigenvalue weighted by atomic mass is 9.88. The van der Waals surface area contributed by atoms with E-state index in [1.807, 2.05) is 6.26 Å². The Kier molecular flexibility index (Phi) is 5.16. The number of nitrogens with one attached hydrogen (secondary N) is 1. The van der Waals surface area contributed by atoms with E-state index in [0.29, 0.717) is 6.54 Å². The first kappa shape index (κ1) is 16.6. The molecule has 3 N–H and O–H groups in total. The Bertz CT molecular complexity index is 599. The van der Waals surface area contributed by atoms with Crippen molar-refractivity contribution in [3.05, 3.63) is 24.0 Å². The van der Waals surface area contributed by atoms with Gasteiger partial charge in [-0.1, -0.05) is 19.3 Å². The molecule has 7 heteroatoms. The summed E-state index contributed by atoms with van der Waals surface area (Å²) in [5, 5.41) is 0. The monoisotopic (exact) mass is 332 g/mol. The van der Waals surface area contributed by atoms with E-state index in [-0.39, 0.29) is 15.3 Å². The van der Waals surface area contributed by atoms with Gasteiger partial charge in [0.15, 0.2) is 0 Å². The molecule has 0 saturated heterocycles. The van der Waals surface area contributed by atoms with Crippen LogP contribution in [0.4, 0.5) is 10.1 Å². The van der Waals surface area contributed by atoms with Crippen LogP contribution in [0, 0.1) is 5.82 Å². The smallest absolute Gasteiger partial charge is 0.243 e. The first-order valence-corrected chi connectivity index (χ1v) is 9.69. The summed E-state index contributed by atoms with van der Waals surface area (Å²) in [6, 6.07) is 3.58. The molecule has 1 aromatic carbocycles. The van der Waals surface area contributed by atoms with Crippen LogP contribution in [-0.2, 0) is 10.0 Å². The van der Waals surface area contributed by atoms with Crippen LogP contribution in [-0.4, -0.2) is 26.0 Å². The molecule has 4 nitrogen and oxygen atoms in total. The lowest BCUT2D eigenvalue weighted by Crippen LogP contribution is -2.41. The molecule has 0 radical (unpaired) electrons. The van der Waals surface area contributed by atoms with Crippen molar-refractivity contribution < 1.29 is 12.8 Å². The largest absolute Gasteiger partial charge is 0.399 e. The van der Waals surface area contributed by atoms with Crippen LogP contribution < -0.4 is 10.5 Å². The van der Waals surface area contributed by atoms with Crippen molar-refractivity contribution in [2.75, 3.05) is 18.5 Å². The minimum Gasteiger partial charge on any atom is -0.399 e. The van der Waals surface area contributed by atoms with Gasteiger partial charge in [-0.05, 0) is 37.3 Å². The fourth-order valence-electron chi connectivity index (χ4n) is 2.68. The maximum Gasteiger partial charge on any atom is 0.243 e. The second kappa shape index (κ2) is 6.54. The molecule has 1 aliphatic carbocycles. The molecular weight excluding hydrogens is 311 g/mol. The molecule has 1 fully saturated rings. The van der Waals surface area contributed by atoms with E-state index in [2.05, 4.69) is 4.72 Å². The summed E-state index contributed by atoms with van der Waals surface area (Å²) in [6.07, 6.45) is 7.37. The zero-order valence-electron chi connectivity index (χ0n) is 12.1. The number of nitrogens with two attached hydrogens (primary N) is 1. The van der Waals surface area contributed by atoms with E-state index in [0.717, 1.165) is 37.8 Å². The van der Waals surface area contributed by atoms with Gasteiger partial charge in [0.2, 0.25) is 10.0 Å². The number of sulfonamides is 1. The molecule has 1 aromatic rings. The number of halogens is 1. The van der Waals surface area contributed by atoms with Gasteiger partial charge in [0.1, 0.15) is 10.7 Å². The molecule has 0 atom stereocenters. The number of hydrogen-bond acceptors (Lipinski definition) is 4. The number of benzene rings is 1. The topological polar surface area (TPSA) is 72.2 Å². The van der Waals surface area contributed by atoms with E-state index in [4.69, 9.17) is 5.73 Å². The normalized spacial score (nSPS) is 18.6. The molecule has 21 heavy (non-hydrogen) atoms. The SMILES string of the molecule is CSC1(CNS(=O)(=O)c2cc(N)ccc2F)CCCCC1. The Hall–Kier alpha value is -0.790. The van der Waals surface area contributed by atoms with Gasteiger partial charge in [-0.25, -0.2) is 17.5 Å². The second-order valence-corrected chi connectivity index (χ2v) is 8.47. The van der Waals surface area contributed by atoms with Crippen molar-refractivity contribution in [3.8, 4) is 0 Å². The van der Waals surface area contributed by atoms with Crippen molar-refractivity contribution in [3.63, 3.8) is 0 Å². The highest BCUT2D eigenvalue weighted by atomic mass is 32.2. The van der Waals surface area contributed by atoms with Crippen LogP contribution in [0.25, 0.3) is 0 Å². The van der Waals surface area contributed by atoms with Crippen molar-refractivity contribution in [2.45, 2.75) is 41.7 Å². The number of nitrogen functional groups attached to an aromatic ring is 1. The lowest BCUT2D eigenvalue weighted by Gasteiger charge is -2.35. The first-order chi connectivity index (χ1) is 9.88. The molecular formula is C14H21FN2O2S2. The third-order valence-electron chi connectivity index (χ3n) is 4.03. The molecule has 1 saturated carbocycles. The number of rotatable bonds is 5. The molecule has 0 aromatic heterocycles. The van der Waals surface area contributed by atoms with Gasteiger partial charge in [0, 0.05) is 17.0 Å². The van der Waals surface area contributed by atoms with E-state index >= 15 is 0 Å². The van der Waals surface area contributed by atoms with E-state index in [1.165, 1.54) is 12.5 Å². The summed E-state index contributed by atoms with van der Waals surface area (Å²) in [4.78, 5) is -0.380. The Morgan fingerprint density at radius 1 is 1.33 bits per heavy atom. The van der Waals surface area contributed by atoms with Crippen molar-refractivity contribution in [1.82, 2.24) is 4.72 Å². The zero-order chi connectivity index (χ0) is 15.5. The zero-order valence-corrected chi connectivity index (χ0v) is 13.7. The Morgan fingerprint density at radius 2 is 2.00 bits per heavy atom. The number of anilines is 1. The van der Waals surface area contributed by atoms with Crippen molar-refractivity contribution >= 4 is 27.5 Å². The van der Waals surface area contributed by atoms with Crippen LogP contribution in [0.2, 0.25) is 0 Å². The van der Waals surface area contributed by atoms with E-state index in [9.17, 15) is 12.8 Å². The predicted octanol–water partition coefficient (Wildman–Crippen LogP) is 2.75. The van der Waals surface area contributed by atoms with Gasteiger partial charge in [0.05, 0.1) is 0 Å². The lowest BCUT2D eigenvalue weighted by molar-refractivity contribution is 0.394. The summed E-state index contributed by atoms with van der Waals surface area (Å²) in [7, 11) is -3.88. The highest BCUT2D eigenvalue weighted by Crippen LogP contribution is 2.38. The van der Waals surface area contributed by atoms with Crippen LogP contribution >= 0.6 is 11.8 Å². The Morgan fingerprint density at radius 3 is 2.62 bits per heavy atom. The molecule has 0 bridgehead atoms. The van der Waals surface area contributed by atoms with Gasteiger partial charge in [0.25, 0.3) is 0 Å². The van der Waals surface area contributed by atoms with E-state index < -0.39 is 15.8 Å². The predicted molar refractivity (Wildman–Crippen MR) is 85.3 cm³/mol. The fraction of sp³-hybridized carbons (Fsp3) is 0.571. The van der Waals surface area contributed by atoms with Gasteiger partial charge >= 0.3 is 0 Å². The van der Waals surface area contributed by atoms with Gasteiger partial charge in [-0.3, -0.25) is 0 Å². The molecule has 2 rings (SSSR count). The highest BCUT2D eigenvalue weighted by Gasteiger charge is 2.33. The van der Waals surface area contributed by atoms with Crippen molar-refractivity contribution in [1.29, 1.82) is 0 Å². The summed E-state index contributed by atoms with van der Waals surface area (Å²) in [5.41, 5.74) is 5.78. The quantitative estimate of drug-likeness (QED) is 0.813. The summed E-state index contributed by atoms with van der Waals surface area (Å²) in [5.74, 6) is -0.779. The average molecular weight is 332 g/mol. The summed E-state index contributed by atoms with van der Waals surface area (Å²) < 4.78 is 40.8. The third-order valence-corrected chi connectivity index (χ3v) is 6.86. The molecule has 0 unspecified atom stereocenters. The molecule has 0 aliphatic heterocycles. The maximum atomic E-state index is 13.7. The number of hydrogen-bond donors (Lipinski definition) is 2. The van der Waals surface area contributed by atoms with Crippen molar-refractivity contribution in [2.24, 2.45) is 0 Å². The maximum absolute atomic E-state index is 13.7. The second-order valence-electron chi connectivity index (χ2n) is 5.46. The molecule has 0 amide bonds. The van der Waals surface area contributed by atoms with Gasteiger partial charge < -0.3 is 5.73 Å². The highest BCUT2D eigenvalue weighted by molar-refractivity contribution is 8.00. The first-order valence-electron chi connectivity index (χ1n) is 6.98. The van der Waals surface area contributed by atoms with Gasteiger partial charge in [-0.2, -0.15) is 11.8 Å². The molecule has 118 valence electrons. The molecule has 1 aliphatic rings. The Labute approximate surface area is 129 Å². The average Bonchev–Trinajstić information content (AvgIpc) is 2.49. The molecule has 0 spiro atoms. The summed E-state index contributed by atoms with van der Waals surface area (Å²) >= 11 is 1.69. The number of thioether (sulfide) groups is 1. The minimum atomic E-state index is -3.88. The fourth-order valence-corrected chi connectivity index (χ4v) is 4.92. The molecule has 0 heterocycles. The minimum absolute atomic E-state index is 0.0812. The van der Waals surface area contributed by atoms with Gasteiger partial charge in [-0.15, -0.1) is 0 Å². The Balaban J connectivity index is 2.15. The summed E-state index contributed by atoms with van der Waals surface area (Å²) in [6.45, 7) is 0.324. The van der Waals surface area contributed by atoms with E-state index in [1.54, 1.807) is 11.8 Å². The third kappa shape index (κ3) is 3.90. The van der Waals surface area contributed by atoms with Crippen LogP contribution in [0.5, 0.6) is 0 Å².